The molecule has 0 bridgehead atoms. The lowest BCUT2D eigenvalue weighted by Crippen LogP contribution is -2.53. The number of rotatable bonds is 6. The third-order valence-electron chi connectivity index (χ3n) is 4.08. The van der Waals surface area contributed by atoms with E-state index in [9.17, 15) is 18.8 Å². The third kappa shape index (κ3) is 5.53. The van der Waals surface area contributed by atoms with Gasteiger partial charge in [-0.25, -0.2) is 4.39 Å². The summed E-state index contributed by atoms with van der Waals surface area (Å²) in [5.41, 5.74) is 5.72. The number of nitrogens with zero attached hydrogens (tertiary/aromatic N) is 2. The first-order valence-electron chi connectivity index (χ1n) is 8.19. The Hall–Kier alpha value is -2.48. The highest BCUT2D eigenvalue weighted by Crippen LogP contribution is 2.17. The molecule has 8 heteroatoms. The van der Waals surface area contributed by atoms with Gasteiger partial charge in [-0.05, 0) is 44.5 Å². The van der Waals surface area contributed by atoms with Crippen molar-refractivity contribution in [3.63, 3.8) is 0 Å². The molecule has 1 saturated heterocycles. The summed E-state index contributed by atoms with van der Waals surface area (Å²) in [5, 5.41) is 2.57. The van der Waals surface area contributed by atoms with Crippen LogP contribution in [0.2, 0.25) is 0 Å². The average molecular weight is 350 g/mol. The van der Waals surface area contributed by atoms with E-state index in [4.69, 9.17) is 5.73 Å². The minimum Gasteiger partial charge on any atom is -0.368 e. The van der Waals surface area contributed by atoms with Crippen molar-refractivity contribution in [3.8, 4) is 0 Å². The van der Waals surface area contributed by atoms with Crippen molar-refractivity contribution in [2.45, 2.75) is 25.3 Å². The Labute approximate surface area is 145 Å². The second-order valence-corrected chi connectivity index (χ2v) is 6.23. The summed E-state index contributed by atoms with van der Waals surface area (Å²) in [6.07, 6.45) is 2.27. The molecular formula is C17H23FN4O3. The highest BCUT2D eigenvalue weighted by molar-refractivity contribution is 5.93. The molecule has 3 amide bonds. The van der Waals surface area contributed by atoms with E-state index in [0.29, 0.717) is 18.7 Å². The first-order valence-corrected chi connectivity index (χ1v) is 8.19. The standard InChI is InChI=1S/C17H23FN4O3/c1-21(10-15(23)20-13-6-4-5-12(18)9-13)11-16(24)22-8-3-2-7-14(22)17(19)25/h4-6,9,14H,2-3,7-8,10-11H2,1H3,(H2,19,25)(H,20,23)/t14-/m0/s1. The monoisotopic (exact) mass is 350 g/mol. The lowest BCUT2D eigenvalue weighted by Gasteiger charge is -2.34. The molecule has 1 fully saturated rings. The normalized spacial score (nSPS) is 17.4. The van der Waals surface area contributed by atoms with E-state index in [2.05, 4.69) is 5.32 Å². The van der Waals surface area contributed by atoms with Gasteiger partial charge in [0.2, 0.25) is 17.7 Å². The molecular weight excluding hydrogens is 327 g/mol. The van der Waals surface area contributed by atoms with Gasteiger partial charge in [-0.3, -0.25) is 19.3 Å². The fourth-order valence-corrected chi connectivity index (χ4v) is 2.92. The van der Waals surface area contributed by atoms with Gasteiger partial charge in [-0.1, -0.05) is 6.07 Å². The summed E-state index contributed by atoms with van der Waals surface area (Å²) < 4.78 is 13.1. The van der Waals surface area contributed by atoms with E-state index in [1.807, 2.05) is 0 Å². The zero-order valence-corrected chi connectivity index (χ0v) is 14.2. The van der Waals surface area contributed by atoms with Crippen LogP contribution in [0.15, 0.2) is 24.3 Å². The van der Waals surface area contributed by atoms with Crippen molar-refractivity contribution in [2.75, 3.05) is 32.0 Å². The molecule has 0 aromatic heterocycles. The van der Waals surface area contributed by atoms with Gasteiger partial charge in [0, 0.05) is 12.2 Å². The zero-order chi connectivity index (χ0) is 18.4. The van der Waals surface area contributed by atoms with Gasteiger partial charge >= 0.3 is 0 Å². The number of halogens is 1. The fourth-order valence-electron chi connectivity index (χ4n) is 2.92. The SMILES string of the molecule is CN(CC(=O)Nc1cccc(F)c1)CC(=O)N1CCCC[C@H]1C(N)=O. The molecule has 0 saturated carbocycles. The Kier molecular flexibility index (Phi) is 6.46. The molecule has 1 aliphatic rings. The number of carbonyl (C=O) groups is 3. The molecule has 1 atom stereocenters. The van der Waals surface area contributed by atoms with Crippen LogP contribution in [0.4, 0.5) is 10.1 Å². The van der Waals surface area contributed by atoms with Gasteiger partial charge in [0.05, 0.1) is 13.1 Å². The van der Waals surface area contributed by atoms with Crippen molar-refractivity contribution in [1.82, 2.24) is 9.80 Å². The lowest BCUT2D eigenvalue weighted by atomic mass is 10.0. The molecule has 25 heavy (non-hydrogen) atoms. The summed E-state index contributed by atoms with van der Waals surface area (Å²) in [6, 6.07) is 5.01. The summed E-state index contributed by atoms with van der Waals surface area (Å²) in [4.78, 5) is 38.9. The number of hydrogen-bond acceptors (Lipinski definition) is 4. The first-order chi connectivity index (χ1) is 11.9. The minimum absolute atomic E-state index is 0.000348. The number of hydrogen-bond donors (Lipinski definition) is 2. The Balaban J connectivity index is 1.86. The van der Waals surface area contributed by atoms with Crippen LogP contribution in [0.3, 0.4) is 0 Å². The number of likely N-dealkylation sites (tertiary alicyclic amines) is 1. The highest BCUT2D eigenvalue weighted by Gasteiger charge is 2.30. The molecule has 136 valence electrons. The van der Waals surface area contributed by atoms with Crippen LogP contribution in [0, 0.1) is 5.82 Å². The van der Waals surface area contributed by atoms with Crippen LogP contribution >= 0.6 is 0 Å². The Bertz CT molecular complexity index is 653. The molecule has 3 N–H and O–H groups in total. The van der Waals surface area contributed by atoms with E-state index < -0.39 is 17.8 Å². The fraction of sp³-hybridized carbons (Fsp3) is 0.471. The van der Waals surface area contributed by atoms with Gasteiger partial charge in [-0.2, -0.15) is 0 Å². The maximum atomic E-state index is 13.1. The maximum Gasteiger partial charge on any atom is 0.240 e. The van der Waals surface area contributed by atoms with E-state index in [-0.39, 0.29) is 24.9 Å². The van der Waals surface area contributed by atoms with Crippen LogP contribution in [0.5, 0.6) is 0 Å². The number of anilines is 1. The average Bonchev–Trinajstić information content (AvgIpc) is 2.54. The van der Waals surface area contributed by atoms with Gasteiger partial charge in [0.25, 0.3) is 0 Å². The quantitative estimate of drug-likeness (QED) is 0.784. The first kappa shape index (κ1) is 18.9. The van der Waals surface area contributed by atoms with E-state index in [1.165, 1.54) is 23.1 Å². The van der Waals surface area contributed by atoms with E-state index in [0.717, 1.165) is 12.8 Å². The molecule has 0 radical (unpaired) electrons. The molecule has 1 heterocycles. The number of likely N-dealkylation sites (N-methyl/N-ethyl adjacent to an activating group) is 1. The van der Waals surface area contributed by atoms with Gasteiger partial charge in [0.1, 0.15) is 11.9 Å². The van der Waals surface area contributed by atoms with Crippen molar-refractivity contribution in [3.05, 3.63) is 30.1 Å². The molecule has 1 aromatic rings. The van der Waals surface area contributed by atoms with Crippen LogP contribution in [-0.4, -0.2) is 60.2 Å². The van der Waals surface area contributed by atoms with E-state index in [1.54, 1.807) is 18.0 Å². The molecule has 1 aliphatic heterocycles. The topological polar surface area (TPSA) is 95.7 Å². The van der Waals surface area contributed by atoms with Crippen molar-refractivity contribution in [2.24, 2.45) is 5.73 Å². The van der Waals surface area contributed by atoms with Crippen molar-refractivity contribution >= 4 is 23.4 Å². The summed E-state index contributed by atoms with van der Waals surface area (Å²) in [5.74, 6) is -1.53. The Morgan fingerprint density at radius 2 is 2.08 bits per heavy atom. The number of piperidine rings is 1. The molecule has 1 aromatic carbocycles. The number of nitrogens with one attached hydrogen (secondary N) is 1. The molecule has 0 unspecified atom stereocenters. The lowest BCUT2D eigenvalue weighted by molar-refractivity contribution is -0.141. The number of carbonyl (C=O) groups excluding carboxylic acids is 3. The number of nitrogens with two attached hydrogens (primary N) is 1. The molecule has 2 rings (SSSR count). The van der Waals surface area contributed by atoms with Crippen LogP contribution in [0.1, 0.15) is 19.3 Å². The number of benzene rings is 1. The minimum atomic E-state index is -0.573. The summed E-state index contributed by atoms with van der Waals surface area (Å²) >= 11 is 0. The molecule has 7 nitrogen and oxygen atoms in total. The maximum absolute atomic E-state index is 13.1. The Morgan fingerprint density at radius 1 is 1.32 bits per heavy atom. The zero-order valence-electron chi connectivity index (χ0n) is 14.2. The third-order valence-corrected chi connectivity index (χ3v) is 4.08. The number of amides is 3. The highest BCUT2D eigenvalue weighted by atomic mass is 19.1. The van der Waals surface area contributed by atoms with E-state index >= 15 is 0 Å². The second kappa shape index (κ2) is 8.57. The predicted molar refractivity (Wildman–Crippen MR) is 91.1 cm³/mol. The van der Waals surface area contributed by atoms with Gasteiger partial charge in [0.15, 0.2) is 0 Å². The van der Waals surface area contributed by atoms with Gasteiger partial charge in [-0.15, -0.1) is 0 Å². The predicted octanol–water partition coefficient (Wildman–Crippen LogP) is 0.562. The molecule has 0 aliphatic carbocycles. The summed E-state index contributed by atoms with van der Waals surface area (Å²) in [6.45, 7) is 0.466. The number of primary amides is 1. The smallest absolute Gasteiger partial charge is 0.240 e. The van der Waals surface area contributed by atoms with Crippen molar-refractivity contribution < 1.29 is 18.8 Å². The van der Waals surface area contributed by atoms with Crippen molar-refractivity contribution in [1.29, 1.82) is 0 Å². The Morgan fingerprint density at radius 3 is 2.76 bits per heavy atom. The molecule has 0 spiro atoms. The van der Waals surface area contributed by atoms with Crippen LogP contribution < -0.4 is 11.1 Å². The summed E-state index contributed by atoms with van der Waals surface area (Å²) in [7, 11) is 1.63. The van der Waals surface area contributed by atoms with Crippen LogP contribution in [0.25, 0.3) is 0 Å². The van der Waals surface area contributed by atoms with Crippen LogP contribution in [-0.2, 0) is 14.4 Å². The largest absolute Gasteiger partial charge is 0.368 e. The van der Waals surface area contributed by atoms with Gasteiger partial charge < -0.3 is 16.0 Å². The second-order valence-electron chi connectivity index (χ2n) is 6.23.